The molecule has 0 aromatic rings. The van der Waals surface area contributed by atoms with E-state index < -0.39 is 41.4 Å². The first-order valence-electron chi connectivity index (χ1n) is 7.69. The Hall–Kier alpha value is -0.990. The van der Waals surface area contributed by atoms with Crippen LogP contribution in [0.3, 0.4) is 0 Å². The minimum Gasteiger partial charge on any atom is -0.459 e. The summed E-state index contributed by atoms with van der Waals surface area (Å²) in [5.41, 5.74) is -7.92. The summed E-state index contributed by atoms with van der Waals surface area (Å²) in [5.74, 6) is -0.862. The number of alkyl halides is 6. The molecule has 0 aromatic carbocycles. The van der Waals surface area contributed by atoms with Crippen LogP contribution in [0.5, 0.6) is 0 Å². The van der Waals surface area contributed by atoms with Crippen LogP contribution < -0.4 is 0 Å². The standard InChI is InChI=1S/C15H22F6O3/c1-4-11(2,3)10(22)24-12(7-5-6-8-12)9-13(23,14(16,17)18)15(19,20)21/h23H,4-9H2,1-3H3. The lowest BCUT2D eigenvalue weighted by atomic mass is 9.83. The Morgan fingerprint density at radius 1 is 1.04 bits per heavy atom. The van der Waals surface area contributed by atoms with E-state index in [9.17, 15) is 36.2 Å². The highest BCUT2D eigenvalue weighted by atomic mass is 19.4. The Bertz CT molecular complexity index is 447. The topological polar surface area (TPSA) is 46.5 Å². The van der Waals surface area contributed by atoms with E-state index in [4.69, 9.17) is 4.74 Å². The van der Waals surface area contributed by atoms with E-state index >= 15 is 0 Å². The summed E-state index contributed by atoms with van der Waals surface area (Å²) in [6.07, 6.45) is -12.9. The molecule has 0 aliphatic heterocycles. The van der Waals surface area contributed by atoms with Crippen molar-refractivity contribution in [3.8, 4) is 0 Å². The molecule has 1 rings (SSSR count). The van der Waals surface area contributed by atoms with Gasteiger partial charge in [0.05, 0.1) is 5.41 Å². The molecule has 1 saturated carbocycles. The summed E-state index contributed by atoms with van der Waals surface area (Å²) in [6, 6.07) is 0. The molecule has 0 atom stereocenters. The number of halogens is 6. The second-order valence-corrected chi connectivity index (χ2v) is 7.05. The number of carbonyl (C=O) groups is 1. The number of esters is 1. The summed E-state index contributed by atoms with van der Waals surface area (Å²) >= 11 is 0. The van der Waals surface area contributed by atoms with Crippen molar-refractivity contribution in [2.24, 2.45) is 5.41 Å². The summed E-state index contributed by atoms with van der Waals surface area (Å²) in [4.78, 5) is 12.2. The van der Waals surface area contributed by atoms with Crippen molar-refractivity contribution in [2.45, 2.75) is 82.9 Å². The first kappa shape index (κ1) is 21.1. The van der Waals surface area contributed by atoms with Crippen LogP contribution in [0, 0.1) is 5.41 Å². The highest BCUT2D eigenvalue weighted by molar-refractivity contribution is 5.76. The molecule has 0 heterocycles. The van der Waals surface area contributed by atoms with Crippen molar-refractivity contribution in [2.75, 3.05) is 0 Å². The van der Waals surface area contributed by atoms with E-state index in [1.54, 1.807) is 6.92 Å². The quantitative estimate of drug-likeness (QED) is 0.576. The minimum atomic E-state index is -5.92. The summed E-state index contributed by atoms with van der Waals surface area (Å²) in [7, 11) is 0. The van der Waals surface area contributed by atoms with Crippen LogP contribution in [0.15, 0.2) is 0 Å². The number of hydrogen-bond donors (Lipinski definition) is 1. The normalized spacial score (nSPS) is 19.4. The minimum absolute atomic E-state index is 0.146. The lowest BCUT2D eigenvalue weighted by Gasteiger charge is -2.40. The maximum absolute atomic E-state index is 13.0. The van der Waals surface area contributed by atoms with Crippen molar-refractivity contribution in [1.82, 2.24) is 0 Å². The molecule has 0 aromatic heterocycles. The van der Waals surface area contributed by atoms with Crippen LogP contribution in [-0.2, 0) is 9.53 Å². The summed E-state index contributed by atoms with van der Waals surface area (Å²) < 4.78 is 82.8. The maximum Gasteiger partial charge on any atom is 0.426 e. The van der Waals surface area contributed by atoms with Gasteiger partial charge in [0.15, 0.2) is 0 Å². The van der Waals surface area contributed by atoms with Gasteiger partial charge in [-0.2, -0.15) is 26.3 Å². The van der Waals surface area contributed by atoms with Gasteiger partial charge in [-0.25, -0.2) is 0 Å². The number of rotatable bonds is 5. The van der Waals surface area contributed by atoms with Crippen molar-refractivity contribution in [3.63, 3.8) is 0 Å². The monoisotopic (exact) mass is 364 g/mol. The highest BCUT2D eigenvalue weighted by Crippen LogP contribution is 2.51. The molecule has 24 heavy (non-hydrogen) atoms. The zero-order valence-corrected chi connectivity index (χ0v) is 13.8. The first-order valence-corrected chi connectivity index (χ1v) is 7.69. The Kier molecular flexibility index (Phi) is 5.60. The fourth-order valence-corrected chi connectivity index (χ4v) is 2.64. The zero-order valence-electron chi connectivity index (χ0n) is 13.8. The smallest absolute Gasteiger partial charge is 0.426 e. The number of aliphatic hydroxyl groups is 1. The van der Waals surface area contributed by atoms with Gasteiger partial charge in [0.1, 0.15) is 5.60 Å². The highest BCUT2D eigenvalue weighted by Gasteiger charge is 2.72. The van der Waals surface area contributed by atoms with Gasteiger partial charge in [0.25, 0.3) is 5.60 Å². The van der Waals surface area contributed by atoms with E-state index in [0.29, 0.717) is 19.3 Å². The third-order valence-corrected chi connectivity index (χ3v) is 4.78. The molecule has 1 fully saturated rings. The van der Waals surface area contributed by atoms with Gasteiger partial charge in [-0.1, -0.05) is 6.92 Å². The largest absolute Gasteiger partial charge is 0.459 e. The average Bonchev–Trinajstić information content (AvgIpc) is 2.84. The van der Waals surface area contributed by atoms with E-state index in [1.807, 2.05) is 0 Å². The lowest BCUT2D eigenvalue weighted by Crippen LogP contribution is -2.61. The molecule has 0 unspecified atom stereocenters. The fraction of sp³-hybridized carbons (Fsp3) is 0.933. The number of ether oxygens (including phenoxy) is 1. The Balaban J connectivity index is 3.18. The molecular weight excluding hydrogens is 342 g/mol. The van der Waals surface area contributed by atoms with Crippen LogP contribution in [0.4, 0.5) is 26.3 Å². The molecule has 9 heteroatoms. The Morgan fingerprint density at radius 2 is 1.46 bits per heavy atom. The van der Waals surface area contributed by atoms with Crippen molar-refractivity contribution in [3.05, 3.63) is 0 Å². The molecule has 1 aliphatic rings. The molecule has 3 nitrogen and oxygen atoms in total. The summed E-state index contributed by atoms with van der Waals surface area (Å²) in [5, 5.41) is 9.44. The molecule has 0 spiro atoms. The molecule has 142 valence electrons. The third-order valence-electron chi connectivity index (χ3n) is 4.78. The van der Waals surface area contributed by atoms with Crippen LogP contribution in [0.2, 0.25) is 0 Å². The Morgan fingerprint density at radius 3 is 1.79 bits per heavy atom. The predicted molar refractivity (Wildman–Crippen MR) is 73.0 cm³/mol. The number of carbonyl (C=O) groups excluding carboxylic acids is 1. The second-order valence-electron chi connectivity index (χ2n) is 7.05. The molecule has 0 saturated heterocycles. The van der Waals surface area contributed by atoms with Gasteiger partial charge in [0, 0.05) is 6.42 Å². The van der Waals surface area contributed by atoms with Crippen molar-refractivity contribution >= 4 is 5.97 Å². The summed E-state index contributed by atoms with van der Waals surface area (Å²) in [6.45, 7) is 4.65. The van der Waals surface area contributed by atoms with E-state index in [2.05, 4.69) is 0 Å². The van der Waals surface area contributed by atoms with Gasteiger partial charge in [-0.05, 0) is 46.0 Å². The lowest BCUT2D eigenvalue weighted by molar-refractivity contribution is -0.378. The van der Waals surface area contributed by atoms with Gasteiger partial charge >= 0.3 is 18.3 Å². The van der Waals surface area contributed by atoms with Crippen molar-refractivity contribution < 1.29 is 41.0 Å². The van der Waals surface area contributed by atoms with Crippen LogP contribution in [-0.4, -0.2) is 34.6 Å². The maximum atomic E-state index is 13.0. The predicted octanol–water partition coefficient (Wildman–Crippen LogP) is 4.52. The molecule has 1 N–H and O–H groups in total. The van der Waals surface area contributed by atoms with Crippen LogP contribution >= 0.6 is 0 Å². The average molecular weight is 364 g/mol. The second kappa shape index (κ2) is 6.38. The van der Waals surface area contributed by atoms with Crippen LogP contribution in [0.25, 0.3) is 0 Å². The first-order chi connectivity index (χ1) is 10.6. The molecule has 1 aliphatic carbocycles. The molecular formula is C15H22F6O3. The SMILES string of the molecule is CCC(C)(C)C(=O)OC1(CC(O)(C(F)(F)F)C(F)(F)F)CCCC1. The number of hydrogen-bond acceptors (Lipinski definition) is 3. The van der Waals surface area contributed by atoms with E-state index in [-0.39, 0.29) is 12.8 Å². The molecule has 0 radical (unpaired) electrons. The molecule has 0 bridgehead atoms. The molecule has 0 amide bonds. The van der Waals surface area contributed by atoms with Gasteiger partial charge in [-0.3, -0.25) is 4.79 Å². The van der Waals surface area contributed by atoms with Crippen LogP contribution in [0.1, 0.15) is 59.3 Å². The van der Waals surface area contributed by atoms with Gasteiger partial charge in [0.2, 0.25) is 0 Å². The van der Waals surface area contributed by atoms with Gasteiger partial charge < -0.3 is 9.84 Å². The van der Waals surface area contributed by atoms with E-state index in [0.717, 1.165) is 0 Å². The Labute approximate surface area is 136 Å². The zero-order chi connectivity index (χ0) is 19.0. The van der Waals surface area contributed by atoms with Gasteiger partial charge in [-0.15, -0.1) is 0 Å². The fourth-order valence-electron chi connectivity index (χ4n) is 2.64. The van der Waals surface area contributed by atoms with Crippen molar-refractivity contribution in [1.29, 1.82) is 0 Å². The third kappa shape index (κ3) is 3.97. The van der Waals surface area contributed by atoms with E-state index in [1.165, 1.54) is 13.8 Å².